The summed E-state index contributed by atoms with van der Waals surface area (Å²) in [5.41, 5.74) is 1.51. The molecule has 35 heavy (non-hydrogen) atoms. The van der Waals surface area contributed by atoms with E-state index in [9.17, 15) is 9.59 Å². The number of aryl methyl sites for hydroxylation is 1. The number of ether oxygens (including phenoxy) is 2. The van der Waals surface area contributed by atoms with Crippen LogP contribution in [-0.4, -0.2) is 39.5 Å². The first-order chi connectivity index (χ1) is 17.0. The highest BCUT2D eigenvalue weighted by atomic mass is 32.2. The number of thiophene rings is 1. The number of benzene rings is 1. The summed E-state index contributed by atoms with van der Waals surface area (Å²) in [6.07, 6.45) is 5.29. The Balaban J connectivity index is 1.45. The molecular weight excluding hydrogens is 484 g/mol. The average Bonchev–Trinajstić information content (AvgIpc) is 3.44. The monoisotopic (exact) mass is 512 g/mol. The molecule has 4 rings (SSSR count). The quantitative estimate of drug-likeness (QED) is 0.230. The summed E-state index contributed by atoms with van der Waals surface area (Å²) in [5.74, 6) is 0.876. The van der Waals surface area contributed by atoms with Gasteiger partial charge in [-0.05, 0) is 50.3 Å². The number of hydrogen-bond donors (Lipinski definition) is 1. The molecule has 10 heteroatoms. The zero-order chi connectivity index (χ0) is 24.8. The van der Waals surface area contributed by atoms with Crippen LogP contribution in [0.15, 0.2) is 48.1 Å². The number of esters is 1. The van der Waals surface area contributed by atoms with E-state index in [2.05, 4.69) is 22.1 Å². The Morgan fingerprint density at radius 1 is 1.26 bits per heavy atom. The van der Waals surface area contributed by atoms with Gasteiger partial charge in [0.2, 0.25) is 5.91 Å². The maximum Gasteiger partial charge on any atom is 0.341 e. The second-order valence-electron chi connectivity index (χ2n) is 8.06. The Kier molecular flexibility index (Phi) is 8.25. The molecule has 1 unspecified atom stereocenters. The van der Waals surface area contributed by atoms with Crippen LogP contribution in [0.4, 0.5) is 5.00 Å². The second kappa shape index (κ2) is 11.5. The van der Waals surface area contributed by atoms with Gasteiger partial charge >= 0.3 is 5.97 Å². The van der Waals surface area contributed by atoms with E-state index < -0.39 is 5.97 Å². The molecule has 0 fully saturated rings. The summed E-state index contributed by atoms with van der Waals surface area (Å²) in [6, 6.07) is 9.51. The summed E-state index contributed by atoms with van der Waals surface area (Å²) in [7, 11) is 1.36. The summed E-state index contributed by atoms with van der Waals surface area (Å²) in [4.78, 5) is 26.4. The summed E-state index contributed by atoms with van der Waals surface area (Å²) < 4.78 is 12.9. The van der Waals surface area contributed by atoms with E-state index in [4.69, 9.17) is 9.47 Å². The summed E-state index contributed by atoms with van der Waals surface area (Å²) in [5, 5.41) is 12.7. The molecule has 1 aliphatic rings. The highest BCUT2D eigenvalue weighted by molar-refractivity contribution is 7.99. The van der Waals surface area contributed by atoms with E-state index >= 15 is 0 Å². The molecule has 1 aliphatic carbocycles. The van der Waals surface area contributed by atoms with Crippen molar-refractivity contribution < 1.29 is 19.1 Å². The number of methoxy groups -OCH3 is 1. The van der Waals surface area contributed by atoms with Crippen molar-refractivity contribution in [3.05, 3.63) is 64.8 Å². The SMILES string of the molecule is C=CCn1c(SCC(=O)Nc2sc3c(c2C(=O)OC)CCCC3)nnc1C(C)Oc1ccccc1. The fourth-order valence-corrected chi connectivity index (χ4v) is 6.08. The minimum Gasteiger partial charge on any atom is -0.483 e. The zero-order valence-corrected chi connectivity index (χ0v) is 21.4. The summed E-state index contributed by atoms with van der Waals surface area (Å²) >= 11 is 2.75. The van der Waals surface area contributed by atoms with Crippen LogP contribution in [0.3, 0.4) is 0 Å². The molecule has 8 nitrogen and oxygen atoms in total. The van der Waals surface area contributed by atoms with Crippen LogP contribution in [0.25, 0.3) is 0 Å². The minimum absolute atomic E-state index is 0.117. The standard InChI is InChI=1S/C25H28N4O4S2/c1-4-14-29-22(16(2)33-17-10-6-5-7-11-17)27-28-25(29)34-15-20(30)26-23-21(24(31)32-3)18-12-8-9-13-19(18)35-23/h4-7,10-11,16H,1,8-9,12-15H2,2-3H3,(H,26,30). The molecule has 1 amide bonds. The van der Waals surface area contributed by atoms with Crippen LogP contribution in [0.5, 0.6) is 5.75 Å². The fourth-order valence-electron chi connectivity index (χ4n) is 4.03. The molecular formula is C25H28N4O4S2. The molecule has 2 aromatic heterocycles. The largest absolute Gasteiger partial charge is 0.483 e. The topological polar surface area (TPSA) is 95.3 Å². The van der Waals surface area contributed by atoms with Gasteiger partial charge in [-0.2, -0.15) is 0 Å². The van der Waals surface area contributed by atoms with Gasteiger partial charge in [0.05, 0.1) is 18.4 Å². The van der Waals surface area contributed by atoms with Crippen molar-refractivity contribution in [2.45, 2.75) is 50.4 Å². The number of fused-ring (bicyclic) bond motifs is 1. The van der Waals surface area contributed by atoms with E-state index in [1.165, 1.54) is 30.2 Å². The molecule has 0 aliphatic heterocycles. The van der Waals surface area contributed by atoms with Crippen molar-refractivity contribution in [1.29, 1.82) is 0 Å². The molecule has 2 heterocycles. The Morgan fingerprint density at radius 2 is 2.03 bits per heavy atom. The van der Waals surface area contributed by atoms with Gasteiger partial charge in [-0.3, -0.25) is 9.36 Å². The lowest BCUT2D eigenvalue weighted by molar-refractivity contribution is -0.113. The number of rotatable bonds is 10. The fraction of sp³-hybridized carbons (Fsp3) is 0.360. The first-order valence-electron chi connectivity index (χ1n) is 11.4. The third-order valence-corrected chi connectivity index (χ3v) is 7.80. The molecule has 0 spiro atoms. The van der Waals surface area contributed by atoms with E-state index in [0.717, 1.165) is 41.9 Å². The number of nitrogens with one attached hydrogen (secondary N) is 1. The maximum absolute atomic E-state index is 12.8. The molecule has 1 atom stereocenters. The van der Waals surface area contributed by atoms with Crippen molar-refractivity contribution in [1.82, 2.24) is 14.8 Å². The molecule has 1 aromatic carbocycles. The average molecular weight is 513 g/mol. The number of anilines is 1. The number of amides is 1. The number of nitrogens with zero attached hydrogens (tertiary/aromatic N) is 3. The van der Waals surface area contributed by atoms with Crippen LogP contribution in [-0.2, 0) is 28.9 Å². The third-order valence-electron chi connectivity index (χ3n) is 5.62. The number of allylic oxidation sites excluding steroid dienone is 1. The van der Waals surface area contributed by atoms with Gasteiger partial charge in [0.25, 0.3) is 0 Å². The Labute approximate surface area is 212 Å². The summed E-state index contributed by atoms with van der Waals surface area (Å²) in [6.45, 7) is 6.22. The van der Waals surface area contributed by atoms with Gasteiger partial charge in [-0.1, -0.05) is 36.0 Å². The molecule has 0 saturated carbocycles. The van der Waals surface area contributed by atoms with Crippen molar-refractivity contribution in [2.24, 2.45) is 0 Å². The zero-order valence-electron chi connectivity index (χ0n) is 19.8. The van der Waals surface area contributed by atoms with Gasteiger partial charge in [0.15, 0.2) is 17.1 Å². The molecule has 0 saturated heterocycles. The third kappa shape index (κ3) is 5.76. The van der Waals surface area contributed by atoms with Gasteiger partial charge < -0.3 is 14.8 Å². The van der Waals surface area contributed by atoms with Crippen molar-refractivity contribution in [3.8, 4) is 5.75 Å². The van der Waals surface area contributed by atoms with E-state index in [1.807, 2.05) is 41.8 Å². The van der Waals surface area contributed by atoms with Crippen molar-refractivity contribution >= 4 is 40.0 Å². The van der Waals surface area contributed by atoms with Crippen molar-refractivity contribution in [2.75, 3.05) is 18.2 Å². The number of para-hydroxylation sites is 1. The lowest BCUT2D eigenvalue weighted by Gasteiger charge is -2.15. The Morgan fingerprint density at radius 3 is 2.77 bits per heavy atom. The van der Waals surface area contributed by atoms with Gasteiger partial charge in [-0.15, -0.1) is 28.1 Å². The van der Waals surface area contributed by atoms with Gasteiger partial charge in [0.1, 0.15) is 10.8 Å². The first kappa shape index (κ1) is 25.0. The number of carbonyl (C=O) groups is 2. The maximum atomic E-state index is 12.8. The normalized spacial score (nSPS) is 13.5. The van der Waals surface area contributed by atoms with Gasteiger partial charge in [0, 0.05) is 11.4 Å². The predicted molar refractivity (Wildman–Crippen MR) is 137 cm³/mol. The smallest absolute Gasteiger partial charge is 0.341 e. The Hall–Kier alpha value is -3.11. The lowest BCUT2D eigenvalue weighted by Crippen LogP contribution is -2.17. The van der Waals surface area contributed by atoms with Crippen LogP contribution in [0.2, 0.25) is 0 Å². The second-order valence-corrected chi connectivity index (χ2v) is 10.1. The first-order valence-corrected chi connectivity index (χ1v) is 13.2. The number of hydrogen-bond acceptors (Lipinski definition) is 8. The lowest BCUT2D eigenvalue weighted by atomic mass is 9.95. The molecule has 1 N–H and O–H groups in total. The highest BCUT2D eigenvalue weighted by Crippen LogP contribution is 2.38. The number of aromatic nitrogens is 3. The number of carbonyl (C=O) groups excluding carboxylic acids is 2. The molecule has 0 bridgehead atoms. The predicted octanol–water partition coefficient (Wildman–Crippen LogP) is 5.06. The Bertz CT molecular complexity index is 1210. The van der Waals surface area contributed by atoms with E-state index in [-0.39, 0.29) is 17.8 Å². The minimum atomic E-state index is -0.407. The van der Waals surface area contributed by atoms with Crippen LogP contribution in [0.1, 0.15) is 52.5 Å². The van der Waals surface area contributed by atoms with Gasteiger partial charge in [-0.25, -0.2) is 4.79 Å². The van der Waals surface area contributed by atoms with Crippen molar-refractivity contribution in [3.63, 3.8) is 0 Å². The van der Waals surface area contributed by atoms with Crippen LogP contribution >= 0.6 is 23.1 Å². The molecule has 184 valence electrons. The highest BCUT2D eigenvalue weighted by Gasteiger charge is 2.27. The number of thioether (sulfide) groups is 1. The molecule has 0 radical (unpaired) electrons. The van der Waals surface area contributed by atoms with E-state index in [1.54, 1.807) is 6.08 Å². The van der Waals surface area contributed by atoms with Crippen LogP contribution < -0.4 is 10.1 Å². The molecule has 3 aromatic rings. The van der Waals surface area contributed by atoms with Crippen LogP contribution in [0, 0.1) is 0 Å². The van der Waals surface area contributed by atoms with E-state index in [0.29, 0.717) is 28.1 Å².